The lowest BCUT2D eigenvalue weighted by Gasteiger charge is -2.31. The molecule has 0 aliphatic carbocycles. The minimum absolute atomic E-state index is 0.0477. The first kappa shape index (κ1) is 15.4. The van der Waals surface area contributed by atoms with Crippen molar-refractivity contribution in [3.05, 3.63) is 39.7 Å². The number of nitro groups is 1. The molecule has 0 radical (unpaired) electrons. The van der Waals surface area contributed by atoms with Gasteiger partial charge in [0.25, 0.3) is 11.6 Å². The van der Waals surface area contributed by atoms with Crippen LogP contribution in [0.3, 0.4) is 0 Å². The van der Waals surface area contributed by atoms with Gasteiger partial charge in [0.2, 0.25) is 0 Å². The van der Waals surface area contributed by atoms with Crippen LogP contribution in [0.15, 0.2) is 18.2 Å². The van der Waals surface area contributed by atoms with Crippen LogP contribution >= 0.6 is 0 Å². The molecule has 1 fully saturated rings. The number of hydrogen-bond acceptors (Lipinski definition) is 4. The largest absolute Gasteiger partial charge is 0.338 e. The molecule has 1 aliphatic rings. The molecule has 6 nitrogen and oxygen atoms in total. The summed E-state index contributed by atoms with van der Waals surface area (Å²) >= 11 is 0. The van der Waals surface area contributed by atoms with E-state index in [0.717, 1.165) is 31.5 Å². The maximum atomic E-state index is 13.1. The third-order valence-electron chi connectivity index (χ3n) is 3.78. The monoisotopic (exact) mass is 295 g/mol. The molecule has 1 N–H and O–H groups in total. The molecule has 0 spiro atoms. The number of hydrogen-bond donors (Lipinski definition) is 1. The highest BCUT2D eigenvalue weighted by Crippen LogP contribution is 2.24. The fourth-order valence-electron chi connectivity index (χ4n) is 2.64. The highest BCUT2D eigenvalue weighted by atomic mass is 19.1. The van der Waals surface area contributed by atoms with Crippen LogP contribution in [-0.4, -0.2) is 42.4 Å². The molecule has 0 aromatic heterocycles. The van der Waals surface area contributed by atoms with Gasteiger partial charge in [-0.25, -0.2) is 4.39 Å². The van der Waals surface area contributed by atoms with Crippen molar-refractivity contribution in [3.8, 4) is 0 Å². The van der Waals surface area contributed by atoms with Crippen LogP contribution < -0.4 is 5.32 Å². The zero-order valence-corrected chi connectivity index (χ0v) is 11.8. The molecule has 1 aromatic carbocycles. The lowest BCUT2D eigenvalue weighted by Crippen LogP contribution is -2.40. The Morgan fingerprint density at radius 2 is 2.14 bits per heavy atom. The van der Waals surface area contributed by atoms with Crippen LogP contribution in [0.25, 0.3) is 0 Å². The Hall–Kier alpha value is -2.02. The number of piperidine rings is 1. The number of nitro benzene ring substituents is 1. The van der Waals surface area contributed by atoms with Crippen LogP contribution in [0, 0.1) is 21.8 Å². The predicted octanol–water partition coefficient (Wildman–Crippen LogP) is 1.81. The Labute approximate surface area is 122 Å². The van der Waals surface area contributed by atoms with Crippen molar-refractivity contribution in [2.75, 3.05) is 26.7 Å². The third kappa shape index (κ3) is 3.55. The lowest BCUT2D eigenvalue weighted by atomic mass is 9.96. The van der Waals surface area contributed by atoms with E-state index in [-0.39, 0.29) is 5.56 Å². The Morgan fingerprint density at radius 1 is 1.48 bits per heavy atom. The summed E-state index contributed by atoms with van der Waals surface area (Å²) in [4.78, 5) is 24.2. The topological polar surface area (TPSA) is 75.5 Å². The molecule has 21 heavy (non-hydrogen) atoms. The molecule has 1 amide bonds. The van der Waals surface area contributed by atoms with Gasteiger partial charge in [0, 0.05) is 13.1 Å². The quantitative estimate of drug-likeness (QED) is 0.679. The van der Waals surface area contributed by atoms with Crippen LogP contribution in [0.2, 0.25) is 0 Å². The van der Waals surface area contributed by atoms with Gasteiger partial charge in [0.15, 0.2) is 0 Å². The first-order chi connectivity index (χ1) is 10.0. The summed E-state index contributed by atoms with van der Waals surface area (Å²) in [5.74, 6) is -0.599. The first-order valence-corrected chi connectivity index (χ1v) is 6.90. The number of nitrogens with one attached hydrogen (secondary N) is 1. The summed E-state index contributed by atoms with van der Waals surface area (Å²) in [7, 11) is 1.89. The maximum absolute atomic E-state index is 13.1. The summed E-state index contributed by atoms with van der Waals surface area (Å²) < 4.78 is 13.1. The maximum Gasteiger partial charge on any atom is 0.285 e. The molecule has 1 aromatic rings. The molecule has 2 rings (SSSR count). The van der Waals surface area contributed by atoms with E-state index < -0.39 is 22.3 Å². The number of nitrogens with zero attached hydrogens (tertiary/aromatic N) is 2. The molecule has 1 aliphatic heterocycles. The first-order valence-electron chi connectivity index (χ1n) is 6.90. The zero-order valence-electron chi connectivity index (χ0n) is 11.8. The van der Waals surface area contributed by atoms with Crippen molar-refractivity contribution in [1.29, 1.82) is 0 Å². The zero-order chi connectivity index (χ0) is 15.4. The predicted molar refractivity (Wildman–Crippen MR) is 75.6 cm³/mol. The number of amides is 1. The number of rotatable bonds is 4. The average Bonchev–Trinajstić information content (AvgIpc) is 2.47. The van der Waals surface area contributed by atoms with E-state index in [1.165, 1.54) is 6.07 Å². The molecular weight excluding hydrogens is 277 g/mol. The van der Waals surface area contributed by atoms with Gasteiger partial charge in [-0.3, -0.25) is 14.9 Å². The van der Waals surface area contributed by atoms with Gasteiger partial charge in [-0.1, -0.05) is 0 Å². The smallest absolute Gasteiger partial charge is 0.285 e. The molecule has 0 saturated carbocycles. The van der Waals surface area contributed by atoms with Crippen molar-refractivity contribution >= 4 is 11.6 Å². The third-order valence-corrected chi connectivity index (χ3v) is 3.78. The van der Waals surface area contributed by atoms with E-state index in [2.05, 4.69) is 5.32 Å². The summed E-state index contributed by atoms with van der Waals surface area (Å²) in [6.07, 6.45) is 1.73. The summed E-state index contributed by atoms with van der Waals surface area (Å²) in [6, 6.07) is 3.06. The summed E-state index contributed by atoms with van der Waals surface area (Å²) in [6.45, 7) is 2.04. The van der Waals surface area contributed by atoms with Gasteiger partial charge in [0.05, 0.1) is 11.0 Å². The molecule has 7 heteroatoms. The normalized spacial score (nSPS) is 16.0. The van der Waals surface area contributed by atoms with Gasteiger partial charge < -0.3 is 10.2 Å². The SMILES string of the molecule is CNCC1CCN(C(=O)c2ccc(F)cc2[N+](=O)[O-])CC1. The van der Waals surface area contributed by atoms with Gasteiger partial charge >= 0.3 is 0 Å². The van der Waals surface area contributed by atoms with E-state index in [1.807, 2.05) is 7.05 Å². The van der Waals surface area contributed by atoms with Crippen LogP contribution in [0.5, 0.6) is 0 Å². The number of likely N-dealkylation sites (tertiary alicyclic amines) is 1. The van der Waals surface area contributed by atoms with E-state index in [4.69, 9.17) is 0 Å². The van der Waals surface area contributed by atoms with Crippen molar-refractivity contribution in [2.45, 2.75) is 12.8 Å². The number of carbonyl (C=O) groups excluding carboxylic acids is 1. The van der Waals surface area contributed by atoms with Crippen LogP contribution in [-0.2, 0) is 0 Å². The molecule has 1 heterocycles. The number of carbonyl (C=O) groups is 1. The average molecular weight is 295 g/mol. The highest BCUT2D eigenvalue weighted by molar-refractivity contribution is 5.98. The van der Waals surface area contributed by atoms with E-state index >= 15 is 0 Å². The minimum atomic E-state index is -0.718. The molecule has 0 bridgehead atoms. The van der Waals surface area contributed by atoms with Crippen molar-refractivity contribution in [1.82, 2.24) is 10.2 Å². The lowest BCUT2D eigenvalue weighted by molar-refractivity contribution is -0.385. The molecule has 1 saturated heterocycles. The summed E-state index contributed by atoms with van der Waals surface area (Å²) in [5.41, 5.74) is -0.522. The fourth-order valence-corrected chi connectivity index (χ4v) is 2.64. The van der Waals surface area contributed by atoms with Crippen molar-refractivity contribution < 1.29 is 14.1 Å². The van der Waals surface area contributed by atoms with Crippen molar-refractivity contribution in [3.63, 3.8) is 0 Å². The Kier molecular flexibility index (Phi) is 4.85. The summed E-state index contributed by atoms with van der Waals surface area (Å²) in [5, 5.41) is 14.1. The van der Waals surface area contributed by atoms with Gasteiger partial charge in [-0.05, 0) is 44.5 Å². The van der Waals surface area contributed by atoms with E-state index in [1.54, 1.807) is 4.90 Å². The Balaban J connectivity index is 2.13. The number of benzene rings is 1. The Morgan fingerprint density at radius 3 is 2.71 bits per heavy atom. The molecule has 114 valence electrons. The van der Waals surface area contributed by atoms with Crippen LogP contribution in [0.4, 0.5) is 10.1 Å². The molecular formula is C14H18FN3O3. The fraction of sp³-hybridized carbons (Fsp3) is 0.500. The van der Waals surface area contributed by atoms with Gasteiger partial charge in [0.1, 0.15) is 11.4 Å². The van der Waals surface area contributed by atoms with Crippen LogP contribution in [0.1, 0.15) is 23.2 Å². The van der Waals surface area contributed by atoms with E-state index in [9.17, 15) is 19.3 Å². The second kappa shape index (κ2) is 6.62. The highest BCUT2D eigenvalue weighted by Gasteiger charge is 2.28. The second-order valence-corrected chi connectivity index (χ2v) is 5.21. The van der Waals surface area contributed by atoms with Gasteiger partial charge in [-0.2, -0.15) is 0 Å². The van der Waals surface area contributed by atoms with E-state index in [0.29, 0.717) is 19.0 Å². The standard InChI is InChI=1S/C14H18FN3O3/c1-16-9-10-4-6-17(7-5-10)14(19)12-3-2-11(15)8-13(12)18(20)21/h2-3,8,10,16H,4-7,9H2,1H3. The van der Waals surface area contributed by atoms with Gasteiger partial charge in [-0.15, -0.1) is 0 Å². The number of halogens is 1. The Bertz CT molecular complexity index is 542. The molecule has 0 atom stereocenters. The second-order valence-electron chi connectivity index (χ2n) is 5.21. The molecule has 0 unspecified atom stereocenters. The van der Waals surface area contributed by atoms with Crippen molar-refractivity contribution in [2.24, 2.45) is 5.92 Å². The minimum Gasteiger partial charge on any atom is -0.338 e.